The molecule has 3 rings (SSSR count). The lowest BCUT2D eigenvalue weighted by atomic mass is 9.97. The highest BCUT2D eigenvalue weighted by Crippen LogP contribution is 2.25. The van der Waals surface area contributed by atoms with Crippen LogP contribution in [0.15, 0.2) is 60.7 Å². The van der Waals surface area contributed by atoms with E-state index in [0.29, 0.717) is 17.8 Å². The maximum Gasteiger partial charge on any atom is 0.214 e. The predicted octanol–water partition coefficient (Wildman–Crippen LogP) is 9.40. The van der Waals surface area contributed by atoms with Crippen LogP contribution in [0.25, 0.3) is 0 Å². The zero-order valence-corrected chi connectivity index (χ0v) is 28.7. The Balaban J connectivity index is 0.000000570. The van der Waals surface area contributed by atoms with Gasteiger partial charge in [0.1, 0.15) is 11.5 Å². The first-order valence-electron chi connectivity index (χ1n) is 15.1. The summed E-state index contributed by atoms with van der Waals surface area (Å²) in [5, 5.41) is 0. The Kier molecular flexibility index (Phi) is 18.7. The summed E-state index contributed by atoms with van der Waals surface area (Å²) in [4.78, 5) is 11.6. The molecule has 0 aliphatic carbocycles. The van der Waals surface area contributed by atoms with Gasteiger partial charge in [-0.15, -0.1) is 0 Å². The monoisotopic (exact) mass is 578 g/mol. The van der Waals surface area contributed by atoms with Gasteiger partial charge >= 0.3 is 0 Å². The third kappa shape index (κ3) is 14.4. The van der Waals surface area contributed by atoms with Crippen molar-refractivity contribution in [1.82, 2.24) is 0 Å². The Morgan fingerprint density at radius 3 is 1.43 bits per heavy atom. The van der Waals surface area contributed by atoms with Crippen LogP contribution in [0.3, 0.4) is 0 Å². The fourth-order valence-electron chi connectivity index (χ4n) is 4.50. The lowest BCUT2D eigenvalue weighted by Crippen LogP contribution is -2.21. The van der Waals surface area contributed by atoms with Gasteiger partial charge in [-0.1, -0.05) is 65.8 Å². The van der Waals surface area contributed by atoms with E-state index in [1.807, 2.05) is 18.2 Å². The normalized spacial score (nSPS) is 10.1. The molecule has 0 saturated carbocycles. The number of aryl methyl sites for hydroxylation is 2. The lowest BCUT2D eigenvalue weighted by molar-refractivity contribution is -0.115. The van der Waals surface area contributed by atoms with E-state index in [-0.39, 0.29) is 5.91 Å². The molecule has 5 nitrogen and oxygen atoms in total. The Hall–Kier alpha value is -3.47. The molecule has 0 aromatic heterocycles. The van der Waals surface area contributed by atoms with Crippen LogP contribution in [0.5, 0.6) is 11.5 Å². The third-order valence-corrected chi connectivity index (χ3v) is 6.89. The molecule has 0 aliphatic heterocycles. The first-order chi connectivity index (χ1) is 19.7. The van der Waals surface area contributed by atoms with Gasteiger partial charge in [-0.25, -0.2) is 0 Å². The van der Waals surface area contributed by atoms with Crippen molar-refractivity contribution >= 4 is 11.6 Å². The molecule has 0 heterocycles. The summed E-state index contributed by atoms with van der Waals surface area (Å²) in [7, 11) is 3.38. The van der Waals surface area contributed by atoms with Crippen molar-refractivity contribution in [3.63, 3.8) is 0 Å². The largest absolute Gasteiger partial charge is 0.497 e. The van der Waals surface area contributed by atoms with Crippen LogP contribution in [0.4, 0.5) is 5.69 Å². The quantitative estimate of drug-likeness (QED) is 0.289. The predicted molar refractivity (Wildman–Crippen MR) is 183 cm³/mol. The second-order valence-corrected chi connectivity index (χ2v) is 11.3. The van der Waals surface area contributed by atoms with Crippen molar-refractivity contribution < 1.29 is 14.3 Å². The average Bonchev–Trinajstić information content (AvgIpc) is 2.93. The smallest absolute Gasteiger partial charge is 0.214 e. The summed E-state index contributed by atoms with van der Waals surface area (Å²) in [5.74, 6) is 3.35. The molecular formula is C37H58N2O3. The summed E-state index contributed by atoms with van der Waals surface area (Å²) < 4.78 is 10.2. The highest BCUT2D eigenvalue weighted by atomic mass is 16.5. The number of nitrogens with zero attached hydrogens (tertiary/aromatic N) is 1. The Morgan fingerprint density at radius 2 is 1.10 bits per heavy atom. The molecule has 0 spiro atoms. The molecule has 0 atom stereocenters. The van der Waals surface area contributed by atoms with E-state index in [1.54, 1.807) is 14.2 Å². The topological polar surface area (TPSA) is 64.8 Å². The van der Waals surface area contributed by atoms with Crippen LogP contribution in [0.1, 0.15) is 108 Å². The SMILES string of the molecule is CC(N)=O.CCN(CC)c1ccc(C(C)C)c(C)c1.COc1ccc(C(C)C)c(C)c1.COc1ccc(C(C)C)cc1. The van der Waals surface area contributed by atoms with Gasteiger partial charge in [0.2, 0.25) is 5.91 Å². The van der Waals surface area contributed by atoms with Crippen molar-refractivity contribution in [2.45, 2.75) is 93.9 Å². The number of nitrogens with two attached hydrogens (primary N) is 1. The number of primary amides is 1. The van der Waals surface area contributed by atoms with E-state index in [9.17, 15) is 4.79 Å². The first-order valence-corrected chi connectivity index (χ1v) is 15.1. The minimum absolute atomic E-state index is 0.333. The van der Waals surface area contributed by atoms with Crippen LogP contribution >= 0.6 is 0 Å². The number of methoxy groups -OCH3 is 2. The number of carbonyl (C=O) groups excluding carboxylic acids is 1. The van der Waals surface area contributed by atoms with Gasteiger partial charge in [0.15, 0.2) is 0 Å². The molecule has 0 unspecified atom stereocenters. The minimum atomic E-state index is -0.333. The number of rotatable bonds is 8. The first kappa shape index (κ1) is 38.5. The van der Waals surface area contributed by atoms with E-state index >= 15 is 0 Å². The highest BCUT2D eigenvalue weighted by molar-refractivity contribution is 5.70. The van der Waals surface area contributed by atoms with Crippen LogP contribution in [0.2, 0.25) is 0 Å². The molecule has 3 aromatic rings. The molecule has 42 heavy (non-hydrogen) atoms. The van der Waals surface area contributed by atoms with E-state index < -0.39 is 0 Å². The fourth-order valence-corrected chi connectivity index (χ4v) is 4.50. The van der Waals surface area contributed by atoms with Gasteiger partial charge < -0.3 is 20.1 Å². The molecule has 1 amide bonds. The van der Waals surface area contributed by atoms with Crippen LogP contribution in [0, 0.1) is 13.8 Å². The maximum atomic E-state index is 9.22. The minimum Gasteiger partial charge on any atom is -0.497 e. The van der Waals surface area contributed by atoms with Gasteiger partial charge in [-0.3, -0.25) is 4.79 Å². The molecule has 3 aromatic carbocycles. The van der Waals surface area contributed by atoms with Crippen molar-refractivity contribution in [1.29, 1.82) is 0 Å². The van der Waals surface area contributed by atoms with Crippen molar-refractivity contribution in [3.8, 4) is 11.5 Å². The molecular weight excluding hydrogens is 520 g/mol. The van der Waals surface area contributed by atoms with E-state index in [2.05, 4.69) is 122 Å². The lowest BCUT2D eigenvalue weighted by Gasteiger charge is -2.22. The van der Waals surface area contributed by atoms with Gasteiger partial charge in [-0.2, -0.15) is 0 Å². The Bertz CT molecular complexity index is 1160. The summed E-state index contributed by atoms with van der Waals surface area (Å²) in [6, 6.07) is 21.2. The van der Waals surface area contributed by atoms with Crippen LogP contribution < -0.4 is 20.1 Å². The summed E-state index contributed by atoms with van der Waals surface area (Å²) in [6.45, 7) is 25.5. The Morgan fingerprint density at radius 1 is 0.690 bits per heavy atom. The summed E-state index contributed by atoms with van der Waals surface area (Å²) >= 11 is 0. The van der Waals surface area contributed by atoms with Crippen molar-refractivity contribution in [3.05, 3.63) is 88.5 Å². The number of ether oxygens (including phenoxy) is 2. The number of hydrogen-bond donors (Lipinski definition) is 1. The molecule has 5 heteroatoms. The maximum absolute atomic E-state index is 9.22. The zero-order chi connectivity index (χ0) is 32.4. The highest BCUT2D eigenvalue weighted by Gasteiger charge is 2.07. The molecule has 0 bridgehead atoms. The van der Waals surface area contributed by atoms with Crippen molar-refractivity contribution in [2.75, 3.05) is 32.2 Å². The number of hydrogen-bond acceptors (Lipinski definition) is 4. The van der Waals surface area contributed by atoms with Gasteiger partial charge in [0, 0.05) is 25.7 Å². The zero-order valence-electron chi connectivity index (χ0n) is 28.7. The third-order valence-electron chi connectivity index (χ3n) is 6.89. The van der Waals surface area contributed by atoms with Crippen LogP contribution in [-0.2, 0) is 4.79 Å². The van der Waals surface area contributed by atoms with E-state index in [1.165, 1.54) is 40.4 Å². The average molecular weight is 579 g/mol. The van der Waals surface area contributed by atoms with Crippen LogP contribution in [-0.4, -0.2) is 33.2 Å². The fraction of sp³-hybridized carbons (Fsp3) is 0.486. The standard InChI is InChI=1S/C14H23N.C11H16O.C10H14O.C2H5NO/c1-6-15(7-2)13-8-9-14(11(3)4)12(5)10-13;1-8(2)11-6-5-10(12-4)7-9(11)3;1-8(2)9-4-6-10(11-3)7-5-9;1-2(3)4/h8-11H,6-7H2,1-5H3;5-8H,1-4H3;4-8H,1-3H3;1H3,(H2,3,4). The number of amides is 1. The number of carbonyl (C=O) groups is 1. The van der Waals surface area contributed by atoms with Gasteiger partial charge in [0.25, 0.3) is 0 Å². The van der Waals surface area contributed by atoms with Gasteiger partial charge in [0.05, 0.1) is 14.2 Å². The van der Waals surface area contributed by atoms with E-state index in [0.717, 1.165) is 24.6 Å². The Labute approximate surface area is 257 Å². The molecule has 0 radical (unpaired) electrons. The van der Waals surface area contributed by atoms with Crippen molar-refractivity contribution in [2.24, 2.45) is 5.73 Å². The molecule has 2 N–H and O–H groups in total. The summed E-state index contributed by atoms with van der Waals surface area (Å²) in [5.41, 5.74) is 12.8. The van der Waals surface area contributed by atoms with Gasteiger partial charge in [-0.05, 0) is 110 Å². The molecule has 0 aliphatic rings. The number of anilines is 1. The van der Waals surface area contributed by atoms with E-state index in [4.69, 9.17) is 9.47 Å². The molecule has 234 valence electrons. The summed E-state index contributed by atoms with van der Waals surface area (Å²) in [6.07, 6.45) is 0. The second-order valence-electron chi connectivity index (χ2n) is 11.3. The molecule has 0 fully saturated rings. The second kappa shape index (κ2) is 20.4. The number of benzene rings is 3. The molecule has 0 saturated heterocycles.